The standard InChI is InChI=1S/C16H20N2O3/c1-3-4-5-14(16(19)20)18-15-13-10-12(21-2)7-6-11(13)8-9-17-15/h6-10,14H,3-5H2,1-2H3,(H,17,18)(H,19,20). The molecule has 1 heterocycles. The van der Waals surface area contributed by atoms with Gasteiger partial charge < -0.3 is 15.2 Å². The van der Waals surface area contributed by atoms with Crippen LogP contribution < -0.4 is 10.1 Å². The predicted molar refractivity (Wildman–Crippen MR) is 82.9 cm³/mol. The van der Waals surface area contributed by atoms with E-state index in [1.165, 1.54) is 0 Å². The summed E-state index contributed by atoms with van der Waals surface area (Å²) < 4.78 is 5.22. The number of unbranched alkanes of at least 4 members (excludes halogenated alkanes) is 1. The van der Waals surface area contributed by atoms with E-state index in [-0.39, 0.29) is 0 Å². The minimum Gasteiger partial charge on any atom is -0.497 e. The van der Waals surface area contributed by atoms with E-state index in [0.717, 1.165) is 29.4 Å². The number of carboxylic acids is 1. The van der Waals surface area contributed by atoms with Gasteiger partial charge >= 0.3 is 5.97 Å². The number of hydrogen-bond donors (Lipinski definition) is 2. The molecule has 0 radical (unpaired) electrons. The normalized spacial score (nSPS) is 12.1. The third-order valence-electron chi connectivity index (χ3n) is 3.43. The van der Waals surface area contributed by atoms with Crippen LogP contribution in [0.4, 0.5) is 5.82 Å². The van der Waals surface area contributed by atoms with Gasteiger partial charge in [-0.25, -0.2) is 9.78 Å². The van der Waals surface area contributed by atoms with Gasteiger partial charge in [-0.2, -0.15) is 0 Å². The average Bonchev–Trinajstić information content (AvgIpc) is 2.50. The number of nitrogens with zero attached hydrogens (tertiary/aromatic N) is 1. The third-order valence-corrected chi connectivity index (χ3v) is 3.43. The number of benzene rings is 1. The molecule has 1 unspecified atom stereocenters. The lowest BCUT2D eigenvalue weighted by atomic mass is 10.1. The highest BCUT2D eigenvalue weighted by atomic mass is 16.5. The summed E-state index contributed by atoms with van der Waals surface area (Å²) in [6.45, 7) is 2.04. The Balaban J connectivity index is 2.33. The molecule has 0 bridgehead atoms. The molecule has 0 amide bonds. The number of anilines is 1. The van der Waals surface area contributed by atoms with E-state index < -0.39 is 12.0 Å². The van der Waals surface area contributed by atoms with Crippen molar-refractivity contribution >= 4 is 22.6 Å². The van der Waals surface area contributed by atoms with Crippen molar-refractivity contribution in [2.24, 2.45) is 0 Å². The lowest BCUT2D eigenvalue weighted by Gasteiger charge is -2.16. The van der Waals surface area contributed by atoms with Gasteiger partial charge in [-0.05, 0) is 30.0 Å². The number of rotatable bonds is 7. The van der Waals surface area contributed by atoms with E-state index in [2.05, 4.69) is 10.3 Å². The summed E-state index contributed by atoms with van der Waals surface area (Å²) in [5.41, 5.74) is 0. The smallest absolute Gasteiger partial charge is 0.326 e. The molecular weight excluding hydrogens is 268 g/mol. The van der Waals surface area contributed by atoms with Crippen molar-refractivity contribution in [3.63, 3.8) is 0 Å². The molecule has 0 aliphatic rings. The molecule has 0 spiro atoms. The fraction of sp³-hybridized carbons (Fsp3) is 0.375. The molecule has 0 fully saturated rings. The maximum absolute atomic E-state index is 11.4. The molecule has 2 aromatic rings. The monoisotopic (exact) mass is 288 g/mol. The first-order valence-corrected chi connectivity index (χ1v) is 7.07. The van der Waals surface area contributed by atoms with Crippen molar-refractivity contribution in [3.8, 4) is 5.75 Å². The maximum atomic E-state index is 11.4. The first kappa shape index (κ1) is 15.1. The summed E-state index contributed by atoms with van der Waals surface area (Å²) in [5.74, 6) is 0.444. The zero-order valence-corrected chi connectivity index (χ0v) is 12.3. The van der Waals surface area contributed by atoms with Gasteiger partial charge in [0.05, 0.1) is 7.11 Å². The second kappa shape index (κ2) is 6.92. The van der Waals surface area contributed by atoms with Crippen molar-refractivity contribution in [2.45, 2.75) is 32.2 Å². The highest BCUT2D eigenvalue weighted by molar-refractivity contribution is 5.94. The van der Waals surface area contributed by atoms with E-state index in [4.69, 9.17) is 4.74 Å². The summed E-state index contributed by atoms with van der Waals surface area (Å²) in [7, 11) is 1.60. The largest absolute Gasteiger partial charge is 0.497 e. The molecule has 112 valence electrons. The quantitative estimate of drug-likeness (QED) is 0.818. The molecule has 0 aliphatic carbocycles. The minimum atomic E-state index is -0.856. The van der Waals surface area contributed by atoms with E-state index in [1.54, 1.807) is 13.3 Å². The molecule has 5 heteroatoms. The van der Waals surface area contributed by atoms with Crippen LogP contribution in [0.25, 0.3) is 10.8 Å². The van der Waals surface area contributed by atoms with Gasteiger partial charge in [-0.1, -0.05) is 25.8 Å². The Hall–Kier alpha value is -2.30. The van der Waals surface area contributed by atoms with Crippen LogP contribution in [0.15, 0.2) is 30.5 Å². The van der Waals surface area contributed by atoms with E-state index in [9.17, 15) is 9.90 Å². The second-order valence-electron chi connectivity index (χ2n) is 4.92. The Morgan fingerprint density at radius 3 is 2.90 bits per heavy atom. The Labute approximate surface area is 124 Å². The zero-order chi connectivity index (χ0) is 15.2. The zero-order valence-electron chi connectivity index (χ0n) is 12.3. The number of methoxy groups -OCH3 is 1. The molecule has 2 rings (SSSR count). The van der Waals surface area contributed by atoms with Gasteiger partial charge in [0.1, 0.15) is 17.6 Å². The van der Waals surface area contributed by atoms with Gasteiger partial charge in [-0.15, -0.1) is 0 Å². The van der Waals surface area contributed by atoms with E-state index in [0.29, 0.717) is 12.2 Å². The number of aromatic nitrogens is 1. The van der Waals surface area contributed by atoms with Crippen molar-refractivity contribution in [1.82, 2.24) is 4.98 Å². The average molecular weight is 288 g/mol. The third kappa shape index (κ3) is 3.62. The van der Waals surface area contributed by atoms with Crippen molar-refractivity contribution in [2.75, 3.05) is 12.4 Å². The van der Waals surface area contributed by atoms with Gasteiger partial charge in [0, 0.05) is 11.6 Å². The summed E-state index contributed by atoms with van der Waals surface area (Å²) in [4.78, 5) is 15.6. The predicted octanol–water partition coefficient (Wildman–Crippen LogP) is 3.30. The SMILES string of the molecule is CCCCC(Nc1nccc2ccc(OC)cc12)C(=O)O. The number of nitrogens with one attached hydrogen (secondary N) is 1. The van der Waals surface area contributed by atoms with Crippen LogP contribution in [0, 0.1) is 0 Å². The van der Waals surface area contributed by atoms with Crippen LogP contribution in [0.5, 0.6) is 5.75 Å². The van der Waals surface area contributed by atoms with Crippen molar-refractivity contribution < 1.29 is 14.6 Å². The first-order valence-electron chi connectivity index (χ1n) is 7.07. The molecule has 0 aliphatic heterocycles. The highest BCUT2D eigenvalue weighted by Crippen LogP contribution is 2.26. The summed E-state index contributed by atoms with van der Waals surface area (Å²) in [5, 5.41) is 14.2. The highest BCUT2D eigenvalue weighted by Gasteiger charge is 2.18. The molecule has 1 aromatic carbocycles. The van der Waals surface area contributed by atoms with E-state index >= 15 is 0 Å². The molecule has 0 saturated heterocycles. The molecule has 21 heavy (non-hydrogen) atoms. The van der Waals surface area contributed by atoms with Crippen LogP contribution >= 0.6 is 0 Å². The number of ether oxygens (including phenoxy) is 1. The molecular formula is C16H20N2O3. The maximum Gasteiger partial charge on any atom is 0.326 e. The van der Waals surface area contributed by atoms with Crippen LogP contribution in [0.3, 0.4) is 0 Å². The van der Waals surface area contributed by atoms with Crippen molar-refractivity contribution in [1.29, 1.82) is 0 Å². The van der Waals surface area contributed by atoms with Crippen LogP contribution in [0.2, 0.25) is 0 Å². The molecule has 1 aromatic heterocycles. The Morgan fingerprint density at radius 2 is 2.24 bits per heavy atom. The summed E-state index contributed by atoms with van der Waals surface area (Å²) >= 11 is 0. The first-order chi connectivity index (χ1) is 10.2. The minimum absolute atomic E-state index is 0.577. The van der Waals surface area contributed by atoms with Crippen LogP contribution in [-0.2, 0) is 4.79 Å². The van der Waals surface area contributed by atoms with Gasteiger partial charge in [-0.3, -0.25) is 0 Å². The lowest BCUT2D eigenvalue weighted by molar-refractivity contribution is -0.138. The van der Waals surface area contributed by atoms with Crippen LogP contribution in [-0.4, -0.2) is 29.2 Å². The Bertz CT molecular complexity index is 628. The summed E-state index contributed by atoms with van der Waals surface area (Å²) in [6.07, 6.45) is 4.07. The number of fused-ring (bicyclic) bond motifs is 1. The fourth-order valence-corrected chi connectivity index (χ4v) is 2.22. The van der Waals surface area contributed by atoms with Crippen LogP contribution in [0.1, 0.15) is 26.2 Å². The molecule has 2 N–H and O–H groups in total. The van der Waals surface area contributed by atoms with Crippen molar-refractivity contribution in [3.05, 3.63) is 30.5 Å². The number of aliphatic carboxylic acids is 1. The number of pyridine rings is 1. The number of hydrogen-bond acceptors (Lipinski definition) is 4. The van der Waals surface area contributed by atoms with Gasteiger partial charge in [0.15, 0.2) is 0 Å². The summed E-state index contributed by atoms with van der Waals surface area (Å²) in [6, 6.07) is 6.93. The van der Waals surface area contributed by atoms with Gasteiger partial charge in [0.25, 0.3) is 0 Å². The Kier molecular flexibility index (Phi) is 4.98. The topological polar surface area (TPSA) is 71.5 Å². The lowest BCUT2D eigenvalue weighted by Crippen LogP contribution is -2.29. The Morgan fingerprint density at radius 1 is 1.43 bits per heavy atom. The number of carboxylic acid groups (broad SMARTS) is 1. The number of carbonyl (C=O) groups is 1. The second-order valence-corrected chi connectivity index (χ2v) is 4.92. The fourth-order valence-electron chi connectivity index (χ4n) is 2.22. The molecule has 1 atom stereocenters. The van der Waals surface area contributed by atoms with Gasteiger partial charge in [0.2, 0.25) is 0 Å². The molecule has 5 nitrogen and oxygen atoms in total. The van der Waals surface area contributed by atoms with E-state index in [1.807, 2.05) is 31.2 Å². The molecule has 0 saturated carbocycles.